The summed E-state index contributed by atoms with van der Waals surface area (Å²) in [6.45, 7) is 8.32. The van der Waals surface area contributed by atoms with Crippen molar-refractivity contribution in [2.75, 3.05) is 0 Å². The third-order valence-electron chi connectivity index (χ3n) is 5.94. The molecule has 4 rings (SSSR count). The van der Waals surface area contributed by atoms with Gasteiger partial charge in [-0.1, -0.05) is 84.9 Å². The van der Waals surface area contributed by atoms with E-state index in [1.54, 1.807) is 0 Å². The van der Waals surface area contributed by atoms with Crippen molar-refractivity contribution in [3.63, 3.8) is 0 Å². The highest BCUT2D eigenvalue weighted by atomic mass is 16.7. The maximum atomic E-state index is 6.19. The van der Waals surface area contributed by atoms with Crippen LogP contribution >= 0.6 is 0 Å². The highest BCUT2D eigenvalue weighted by molar-refractivity contribution is 6.62. The molecule has 0 amide bonds. The van der Waals surface area contributed by atoms with E-state index in [2.05, 4.69) is 107 Å². The molecular weight excluding hydrogens is 355 g/mol. The van der Waals surface area contributed by atoms with Gasteiger partial charge in [0.25, 0.3) is 0 Å². The summed E-state index contributed by atoms with van der Waals surface area (Å²) in [4.78, 5) is 0. The molecule has 0 saturated carbocycles. The average Bonchev–Trinajstić information content (AvgIpc) is 2.95. The Kier molecular flexibility index (Phi) is 5.20. The van der Waals surface area contributed by atoms with E-state index < -0.39 is 0 Å². The van der Waals surface area contributed by atoms with E-state index in [0.717, 1.165) is 5.46 Å². The number of hydrogen-bond donors (Lipinski definition) is 0. The molecule has 0 aliphatic carbocycles. The van der Waals surface area contributed by atoms with Crippen LogP contribution in [0.15, 0.2) is 84.9 Å². The molecular formula is C26H27BO2. The first-order valence-electron chi connectivity index (χ1n) is 10.1. The monoisotopic (exact) mass is 382 g/mol. The molecule has 3 aromatic rings. The first-order valence-corrected chi connectivity index (χ1v) is 10.1. The molecule has 0 radical (unpaired) electrons. The van der Waals surface area contributed by atoms with E-state index in [9.17, 15) is 0 Å². The Morgan fingerprint density at radius 1 is 0.655 bits per heavy atom. The Balaban J connectivity index is 1.68. The van der Waals surface area contributed by atoms with Gasteiger partial charge in [-0.3, -0.25) is 0 Å². The Morgan fingerprint density at radius 2 is 1.14 bits per heavy atom. The summed E-state index contributed by atoms with van der Waals surface area (Å²) in [7, 11) is -0.340. The van der Waals surface area contributed by atoms with Crippen LogP contribution in [-0.2, 0) is 9.31 Å². The standard InChI is InChI=1S/C26H27BO2/c1-25(2)26(3,4)29-27(28-25)23-17-15-22(16-18-23)24(21-13-9-6-10-14-21)19-20-11-7-5-8-12-20/h5-19H,1-4H3/b24-19+. The van der Waals surface area contributed by atoms with E-state index in [4.69, 9.17) is 9.31 Å². The minimum absolute atomic E-state index is 0.335. The maximum Gasteiger partial charge on any atom is 0.494 e. The second-order valence-electron chi connectivity index (χ2n) is 8.54. The zero-order valence-electron chi connectivity index (χ0n) is 17.6. The van der Waals surface area contributed by atoms with Gasteiger partial charge in [0.1, 0.15) is 0 Å². The van der Waals surface area contributed by atoms with Crippen molar-refractivity contribution in [2.24, 2.45) is 0 Å². The van der Waals surface area contributed by atoms with Crippen LogP contribution in [-0.4, -0.2) is 18.3 Å². The van der Waals surface area contributed by atoms with Gasteiger partial charge >= 0.3 is 7.12 Å². The molecule has 0 N–H and O–H groups in total. The summed E-state index contributed by atoms with van der Waals surface area (Å²) >= 11 is 0. The first kappa shape index (κ1) is 19.7. The molecule has 0 spiro atoms. The highest BCUT2D eigenvalue weighted by Gasteiger charge is 2.51. The Bertz CT molecular complexity index is 974. The minimum Gasteiger partial charge on any atom is -0.399 e. The fourth-order valence-corrected chi connectivity index (χ4v) is 3.47. The van der Waals surface area contributed by atoms with Crippen LogP contribution in [0.5, 0.6) is 0 Å². The Morgan fingerprint density at radius 3 is 1.69 bits per heavy atom. The smallest absolute Gasteiger partial charge is 0.399 e. The van der Waals surface area contributed by atoms with Gasteiger partial charge < -0.3 is 9.31 Å². The van der Waals surface area contributed by atoms with E-state index in [1.165, 1.54) is 22.3 Å². The summed E-state index contributed by atoms with van der Waals surface area (Å²) in [5.41, 5.74) is 5.11. The van der Waals surface area contributed by atoms with Gasteiger partial charge in [0.15, 0.2) is 0 Å². The molecule has 1 saturated heterocycles. The molecule has 1 aliphatic heterocycles. The average molecular weight is 382 g/mol. The summed E-state index contributed by atoms with van der Waals surface area (Å²) in [5.74, 6) is 0. The predicted molar refractivity (Wildman–Crippen MR) is 122 cm³/mol. The van der Waals surface area contributed by atoms with Crippen molar-refractivity contribution < 1.29 is 9.31 Å². The van der Waals surface area contributed by atoms with Crippen LogP contribution in [0.3, 0.4) is 0 Å². The van der Waals surface area contributed by atoms with Gasteiger partial charge in [-0.15, -0.1) is 0 Å². The van der Waals surface area contributed by atoms with Gasteiger partial charge in [-0.25, -0.2) is 0 Å². The Hall–Kier alpha value is -2.62. The molecule has 0 unspecified atom stereocenters. The number of hydrogen-bond acceptors (Lipinski definition) is 2. The fraction of sp³-hybridized carbons (Fsp3) is 0.231. The van der Waals surface area contributed by atoms with E-state index in [1.807, 2.05) is 12.1 Å². The van der Waals surface area contributed by atoms with Crippen LogP contribution < -0.4 is 5.46 Å². The maximum absolute atomic E-state index is 6.19. The van der Waals surface area contributed by atoms with E-state index in [-0.39, 0.29) is 18.3 Å². The normalized spacial score (nSPS) is 18.1. The van der Waals surface area contributed by atoms with Gasteiger partial charge in [-0.05, 0) is 61.5 Å². The molecule has 3 aromatic carbocycles. The van der Waals surface area contributed by atoms with Crippen molar-refractivity contribution in [1.82, 2.24) is 0 Å². The van der Waals surface area contributed by atoms with Crippen molar-refractivity contribution >= 4 is 24.2 Å². The van der Waals surface area contributed by atoms with Crippen LogP contribution in [0, 0.1) is 0 Å². The zero-order valence-corrected chi connectivity index (χ0v) is 17.6. The molecule has 0 aromatic heterocycles. The second kappa shape index (κ2) is 7.66. The van der Waals surface area contributed by atoms with Gasteiger partial charge in [0.2, 0.25) is 0 Å². The molecule has 2 nitrogen and oxygen atoms in total. The van der Waals surface area contributed by atoms with E-state index in [0.29, 0.717) is 0 Å². The third-order valence-corrected chi connectivity index (χ3v) is 5.94. The lowest BCUT2D eigenvalue weighted by molar-refractivity contribution is 0.00578. The largest absolute Gasteiger partial charge is 0.494 e. The SMILES string of the molecule is CC1(C)OB(c2ccc(/C(=C/c3ccccc3)c3ccccc3)cc2)OC1(C)C. The van der Waals surface area contributed by atoms with Crippen LogP contribution in [0.1, 0.15) is 44.4 Å². The topological polar surface area (TPSA) is 18.5 Å². The molecule has 1 heterocycles. The lowest BCUT2D eigenvalue weighted by atomic mass is 9.78. The first-order chi connectivity index (χ1) is 13.9. The van der Waals surface area contributed by atoms with Gasteiger partial charge in [0, 0.05) is 0 Å². The number of benzene rings is 3. The van der Waals surface area contributed by atoms with Crippen molar-refractivity contribution in [3.05, 3.63) is 102 Å². The fourth-order valence-electron chi connectivity index (χ4n) is 3.47. The van der Waals surface area contributed by atoms with Gasteiger partial charge in [0.05, 0.1) is 11.2 Å². The molecule has 1 aliphatic rings. The van der Waals surface area contributed by atoms with Crippen LogP contribution in [0.2, 0.25) is 0 Å². The second-order valence-corrected chi connectivity index (χ2v) is 8.54. The van der Waals surface area contributed by atoms with Crippen LogP contribution in [0.4, 0.5) is 0 Å². The van der Waals surface area contributed by atoms with Crippen molar-refractivity contribution in [3.8, 4) is 0 Å². The quantitative estimate of drug-likeness (QED) is 0.434. The molecule has 1 fully saturated rings. The molecule has 29 heavy (non-hydrogen) atoms. The molecule has 0 atom stereocenters. The molecule has 0 bridgehead atoms. The van der Waals surface area contributed by atoms with Gasteiger partial charge in [-0.2, -0.15) is 0 Å². The van der Waals surface area contributed by atoms with E-state index >= 15 is 0 Å². The Labute approximate surface area is 174 Å². The third kappa shape index (κ3) is 4.07. The lowest BCUT2D eigenvalue weighted by Crippen LogP contribution is -2.41. The van der Waals surface area contributed by atoms with Crippen molar-refractivity contribution in [1.29, 1.82) is 0 Å². The number of rotatable bonds is 4. The molecule has 146 valence electrons. The zero-order chi connectivity index (χ0) is 20.5. The minimum atomic E-state index is -0.340. The predicted octanol–water partition coefficient (Wildman–Crippen LogP) is 5.57. The highest BCUT2D eigenvalue weighted by Crippen LogP contribution is 2.36. The summed E-state index contributed by atoms with van der Waals surface area (Å²) in [6, 6.07) is 29.5. The van der Waals surface area contributed by atoms with Crippen LogP contribution in [0.25, 0.3) is 11.6 Å². The summed E-state index contributed by atoms with van der Waals surface area (Å²) in [6.07, 6.45) is 2.24. The summed E-state index contributed by atoms with van der Waals surface area (Å²) in [5, 5.41) is 0. The van der Waals surface area contributed by atoms with Crippen molar-refractivity contribution in [2.45, 2.75) is 38.9 Å². The summed E-state index contributed by atoms with van der Waals surface area (Å²) < 4.78 is 12.4. The molecule has 3 heteroatoms. The lowest BCUT2D eigenvalue weighted by Gasteiger charge is -2.32.